The van der Waals surface area contributed by atoms with Gasteiger partial charge in [-0.1, -0.05) is 48.9 Å². The molecule has 33 heavy (non-hydrogen) atoms. The van der Waals surface area contributed by atoms with E-state index in [1.165, 1.54) is 5.56 Å². The summed E-state index contributed by atoms with van der Waals surface area (Å²) >= 11 is 6.08. The Morgan fingerprint density at radius 1 is 0.939 bits per heavy atom. The van der Waals surface area contributed by atoms with Crippen molar-refractivity contribution >= 4 is 34.8 Å². The first-order valence-electron chi connectivity index (χ1n) is 11.6. The molecule has 0 radical (unpaired) electrons. The molecule has 168 valence electrons. The number of nitrogens with zero attached hydrogens (tertiary/aromatic N) is 2. The Hall–Kier alpha value is -3.11. The van der Waals surface area contributed by atoms with Crippen LogP contribution in [0.3, 0.4) is 0 Å². The van der Waals surface area contributed by atoms with E-state index in [1.807, 2.05) is 82.6 Å². The molecule has 4 nitrogen and oxygen atoms in total. The van der Waals surface area contributed by atoms with Crippen LogP contribution in [-0.4, -0.2) is 24.4 Å². The molecule has 1 aliphatic heterocycles. The van der Waals surface area contributed by atoms with Crippen LogP contribution in [0.1, 0.15) is 53.6 Å². The third-order valence-corrected chi connectivity index (χ3v) is 6.90. The third kappa shape index (κ3) is 4.28. The molecular formula is C28H27ClN2O2. The van der Waals surface area contributed by atoms with Gasteiger partial charge in [-0.05, 0) is 79.3 Å². The zero-order chi connectivity index (χ0) is 22.9. The summed E-state index contributed by atoms with van der Waals surface area (Å²) in [5.74, 6) is -0.191. The first-order chi connectivity index (χ1) is 16.1. The van der Waals surface area contributed by atoms with Gasteiger partial charge in [0.2, 0.25) is 5.91 Å². The van der Waals surface area contributed by atoms with Crippen molar-refractivity contribution in [3.05, 3.63) is 94.5 Å². The third-order valence-electron chi connectivity index (χ3n) is 6.65. The molecule has 5 rings (SSSR count). The van der Waals surface area contributed by atoms with E-state index in [4.69, 9.17) is 11.6 Å². The highest BCUT2D eigenvalue weighted by Gasteiger charge is 2.40. The van der Waals surface area contributed by atoms with Gasteiger partial charge in [0, 0.05) is 34.5 Å². The number of aryl methyl sites for hydroxylation is 1. The average molecular weight is 459 g/mol. The summed E-state index contributed by atoms with van der Waals surface area (Å²) in [4.78, 5) is 31.0. The van der Waals surface area contributed by atoms with Crippen LogP contribution in [0.2, 0.25) is 5.02 Å². The van der Waals surface area contributed by atoms with Crippen molar-refractivity contribution in [2.45, 2.75) is 44.6 Å². The van der Waals surface area contributed by atoms with Crippen molar-refractivity contribution in [2.75, 3.05) is 16.3 Å². The second kappa shape index (κ2) is 9.03. The number of hydrogen-bond acceptors (Lipinski definition) is 2. The SMILES string of the molecule is CCc1ccc(C(=O)N2CCC(C(=O)N(c3ccc(Cl)cc3)C3CC3)c3ccccc32)cc1. The summed E-state index contributed by atoms with van der Waals surface area (Å²) in [5.41, 5.74) is 4.52. The fourth-order valence-corrected chi connectivity index (χ4v) is 4.81. The molecule has 1 saturated carbocycles. The van der Waals surface area contributed by atoms with E-state index in [-0.39, 0.29) is 23.8 Å². The first-order valence-corrected chi connectivity index (χ1v) is 12.0. The van der Waals surface area contributed by atoms with E-state index in [0.717, 1.165) is 36.2 Å². The van der Waals surface area contributed by atoms with Gasteiger partial charge in [-0.15, -0.1) is 0 Å². The Labute approximate surface area is 199 Å². The van der Waals surface area contributed by atoms with Crippen molar-refractivity contribution < 1.29 is 9.59 Å². The van der Waals surface area contributed by atoms with Crippen LogP contribution in [0.4, 0.5) is 11.4 Å². The summed E-state index contributed by atoms with van der Waals surface area (Å²) < 4.78 is 0. The van der Waals surface area contributed by atoms with Crippen molar-refractivity contribution in [1.29, 1.82) is 0 Å². The smallest absolute Gasteiger partial charge is 0.258 e. The number of carbonyl (C=O) groups is 2. The normalized spacial score (nSPS) is 17.4. The zero-order valence-electron chi connectivity index (χ0n) is 18.7. The van der Waals surface area contributed by atoms with Gasteiger partial charge in [-0.3, -0.25) is 9.59 Å². The van der Waals surface area contributed by atoms with Crippen LogP contribution in [0.15, 0.2) is 72.8 Å². The van der Waals surface area contributed by atoms with Gasteiger partial charge in [-0.25, -0.2) is 0 Å². The number of rotatable bonds is 5. The maximum absolute atomic E-state index is 13.8. The Balaban J connectivity index is 1.45. The quantitative estimate of drug-likeness (QED) is 0.454. The molecular weight excluding hydrogens is 432 g/mol. The summed E-state index contributed by atoms with van der Waals surface area (Å²) in [5, 5.41) is 0.658. The second-order valence-electron chi connectivity index (χ2n) is 8.82. The van der Waals surface area contributed by atoms with Gasteiger partial charge in [0.25, 0.3) is 5.91 Å². The highest BCUT2D eigenvalue weighted by atomic mass is 35.5. The molecule has 1 heterocycles. The van der Waals surface area contributed by atoms with Gasteiger partial charge in [0.1, 0.15) is 0 Å². The molecule has 0 N–H and O–H groups in total. The van der Waals surface area contributed by atoms with Crippen LogP contribution in [-0.2, 0) is 11.2 Å². The molecule has 5 heteroatoms. The van der Waals surface area contributed by atoms with E-state index >= 15 is 0 Å². The van der Waals surface area contributed by atoms with Gasteiger partial charge in [-0.2, -0.15) is 0 Å². The van der Waals surface area contributed by atoms with Gasteiger partial charge in [0.15, 0.2) is 0 Å². The number of para-hydroxylation sites is 1. The molecule has 1 atom stereocenters. The van der Waals surface area contributed by atoms with Gasteiger partial charge >= 0.3 is 0 Å². The first kappa shape index (κ1) is 21.7. The Bertz CT molecular complexity index is 1170. The highest BCUT2D eigenvalue weighted by Crippen LogP contribution is 2.41. The summed E-state index contributed by atoms with van der Waals surface area (Å²) in [6.45, 7) is 2.62. The monoisotopic (exact) mass is 458 g/mol. The second-order valence-corrected chi connectivity index (χ2v) is 9.26. The lowest BCUT2D eigenvalue weighted by Gasteiger charge is -2.36. The van der Waals surface area contributed by atoms with Crippen LogP contribution in [0.5, 0.6) is 0 Å². The van der Waals surface area contributed by atoms with E-state index in [0.29, 0.717) is 23.6 Å². The summed E-state index contributed by atoms with van der Waals surface area (Å²) in [6.07, 6.45) is 3.57. The highest BCUT2D eigenvalue weighted by molar-refractivity contribution is 6.30. The Morgan fingerprint density at radius 2 is 1.64 bits per heavy atom. The number of benzene rings is 3. The molecule has 0 spiro atoms. The van der Waals surface area contributed by atoms with Gasteiger partial charge < -0.3 is 9.80 Å². The standard InChI is InChI=1S/C28H27ClN2O2/c1-2-19-7-9-20(10-8-19)27(32)30-18-17-25(24-5-3-4-6-26(24)30)28(33)31(23-15-16-23)22-13-11-21(29)12-14-22/h3-14,23,25H,2,15-18H2,1H3. The largest absolute Gasteiger partial charge is 0.309 e. The lowest BCUT2D eigenvalue weighted by molar-refractivity contribution is -0.120. The number of amides is 2. The molecule has 0 aromatic heterocycles. The number of halogens is 1. The maximum Gasteiger partial charge on any atom is 0.258 e. The predicted molar refractivity (Wildman–Crippen MR) is 133 cm³/mol. The topological polar surface area (TPSA) is 40.6 Å². The van der Waals surface area contributed by atoms with Crippen molar-refractivity contribution in [2.24, 2.45) is 0 Å². The molecule has 1 fully saturated rings. The molecule has 2 amide bonds. The van der Waals surface area contributed by atoms with E-state index in [1.54, 1.807) is 0 Å². The Kier molecular flexibility index (Phi) is 5.94. The summed E-state index contributed by atoms with van der Waals surface area (Å²) in [6, 6.07) is 23.4. The van der Waals surface area contributed by atoms with E-state index in [9.17, 15) is 9.59 Å². The number of anilines is 2. The fourth-order valence-electron chi connectivity index (χ4n) is 4.69. The van der Waals surface area contributed by atoms with Crippen molar-refractivity contribution in [3.8, 4) is 0 Å². The molecule has 3 aromatic rings. The number of hydrogen-bond donors (Lipinski definition) is 0. The lowest BCUT2D eigenvalue weighted by Crippen LogP contribution is -2.43. The molecule has 0 bridgehead atoms. The molecule has 3 aromatic carbocycles. The maximum atomic E-state index is 13.8. The number of fused-ring (bicyclic) bond motifs is 1. The van der Waals surface area contributed by atoms with Crippen LogP contribution >= 0.6 is 11.6 Å². The van der Waals surface area contributed by atoms with Crippen LogP contribution in [0.25, 0.3) is 0 Å². The zero-order valence-corrected chi connectivity index (χ0v) is 19.5. The summed E-state index contributed by atoms with van der Waals surface area (Å²) in [7, 11) is 0. The minimum atomic E-state index is -0.274. The fraction of sp³-hybridized carbons (Fsp3) is 0.286. The van der Waals surface area contributed by atoms with Gasteiger partial charge in [0.05, 0.1) is 5.92 Å². The Morgan fingerprint density at radius 3 is 2.30 bits per heavy atom. The predicted octanol–water partition coefficient (Wildman–Crippen LogP) is 6.23. The van der Waals surface area contributed by atoms with Crippen molar-refractivity contribution in [3.63, 3.8) is 0 Å². The molecule has 2 aliphatic rings. The number of carbonyl (C=O) groups excluding carboxylic acids is 2. The average Bonchev–Trinajstić information content (AvgIpc) is 3.69. The van der Waals surface area contributed by atoms with E-state index in [2.05, 4.69) is 6.92 Å². The minimum absolute atomic E-state index is 0.0206. The van der Waals surface area contributed by atoms with E-state index < -0.39 is 0 Å². The van der Waals surface area contributed by atoms with Crippen molar-refractivity contribution in [1.82, 2.24) is 0 Å². The van der Waals surface area contributed by atoms with Crippen LogP contribution in [0, 0.1) is 0 Å². The molecule has 1 aliphatic carbocycles. The lowest BCUT2D eigenvalue weighted by atomic mass is 9.88. The molecule has 1 unspecified atom stereocenters. The van der Waals surface area contributed by atoms with Crippen LogP contribution < -0.4 is 9.80 Å². The minimum Gasteiger partial charge on any atom is -0.309 e. The molecule has 0 saturated heterocycles.